The molecule has 0 spiro atoms. The van der Waals surface area contributed by atoms with Crippen molar-refractivity contribution in [1.82, 2.24) is 0 Å². The minimum Gasteiger partial charge on any atom is -0.457 e. The number of hydrogen-bond acceptors (Lipinski definition) is 8. The van der Waals surface area contributed by atoms with Gasteiger partial charge in [0.05, 0.1) is 26.4 Å². The maximum Gasteiger partial charge on any atom is 0.472 e. The molecule has 0 aliphatic carbocycles. The fraction of sp³-hybridized carbons (Fsp3) is 0.788. The lowest BCUT2D eigenvalue weighted by Crippen LogP contribution is -2.29. The zero-order valence-electron chi connectivity index (χ0n) is 26.9. The Labute approximate surface area is 261 Å². The van der Waals surface area contributed by atoms with Crippen molar-refractivity contribution >= 4 is 13.8 Å². The molecular formula is C33H61O9P. The summed E-state index contributed by atoms with van der Waals surface area (Å²) >= 11 is 0. The number of esters is 1. The largest absolute Gasteiger partial charge is 0.472 e. The van der Waals surface area contributed by atoms with Crippen LogP contribution in [0.1, 0.15) is 123 Å². The Morgan fingerprint density at radius 3 is 2.00 bits per heavy atom. The number of rotatable bonds is 31. The predicted molar refractivity (Wildman–Crippen MR) is 173 cm³/mol. The highest BCUT2D eigenvalue weighted by molar-refractivity contribution is 7.47. The van der Waals surface area contributed by atoms with Gasteiger partial charge in [-0.2, -0.15) is 0 Å². The highest BCUT2D eigenvalue weighted by Crippen LogP contribution is 2.43. The Kier molecular flexibility index (Phi) is 29.8. The van der Waals surface area contributed by atoms with Crippen LogP contribution in [0.25, 0.3) is 0 Å². The quantitative estimate of drug-likeness (QED) is 0.0304. The highest BCUT2D eigenvalue weighted by Gasteiger charge is 2.26. The first-order valence-electron chi connectivity index (χ1n) is 16.5. The maximum atomic E-state index is 12.4. The van der Waals surface area contributed by atoms with Crippen LogP contribution in [0.4, 0.5) is 0 Å². The number of hydrogen-bond donors (Lipinski definition) is 3. The lowest BCUT2D eigenvalue weighted by Gasteiger charge is -2.20. The van der Waals surface area contributed by atoms with E-state index in [1.807, 2.05) is 0 Å². The van der Waals surface area contributed by atoms with Crippen LogP contribution >= 0.6 is 7.82 Å². The van der Waals surface area contributed by atoms with Gasteiger partial charge in [-0.1, -0.05) is 108 Å². The lowest BCUT2D eigenvalue weighted by atomic mass is 10.1. The average Bonchev–Trinajstić information content (AvgIpc) is 2.99. The molecular weight excluding hydrogens is 571 g/mol. The molecule has 3 unspecified atom stereocenters. The third-order valence-corrected chi connectivity index (χ3v) is 7.54. The van der Waals surface area contributed by atoms with E-state index in [4.69, 9.17) is 19.1 Å². The van der Waals surface area contributed by atoms with Gasteiger partial charge in [-0.15, -0.1) is 0 Å². The molecule has 3 atom stereocenters. The lowest BCUT2D eigenvalue weighted by molar-refractivity contribution is -0.154. The monoisotopic (exact) mass is 632 g/mol. The van der Waals surface area contributed by atoms with E-state index in [-0.39, 0.29) is 19.6 Å². The van der Waals surface area contributed by atoms with Crippen molar-refractivity contribution in [2.24, 2.45) is 0 Å². The van der Waals surface area contributed by atoms with Gasteiger partial charge in [0.1, 0.15) is 12.2 Å². The van der Waals surface area contributed by atoms with Crippen molar-refractivity contribution in [3.8, 4) is 0 Å². The molecule has 0 amide bonds. The number of aliphatic hydroxyl groups is 2. The van der Waals surface area contributed by atoms with E-state index in [2.05, 4.69) is 54.8 Å². The average molecular weight is 633 g/mol. The smallest absolute Gasteiger partial charge is 0.457 e. The van der Waals surface area contributed by atoms with E-state index in [1.54, 1.807) is 0 Å². The van der Waals surface area contributed by atoms with Crippen LogP contribution in [0.2, 0.25) is 0 Å². The number of unbranched alkanes of at least 4 members (excludes halogenated alkanes) is 11. The topological polar surface area (TPSA) is 132 Å². The van der Waals surface area contributed by atoms with Gasteiger partial charge < -0.3 is 24.6 Å². The van der Waals surface area contributed by atoms with Gasteiger partial charge in [-0.05, 0) is 44.9 Å². The number of carbonyl (C=O) groups excluding carboxylic acids is 1. The molecule has 0 bridgehead atoms. The SMILES string of the molecule is CC/C=C\C/C=C\C/C=C\CCCCCCOCC(COP(=O)(O)OCC(O)CO)OC(=O)CCCCCCCCCC. The second kappa shape index (κ2) is 30.7. The predicted octanol–water partition coefficient (Wildman–Crippen LogP) is 7.74. The molecule has 10 heteroatoms. The summed E-state index contributed by atoms with van der Waals surface area (Å²) in [5.74, 6) is -0.399. The van der Waals surface area contributed by atoms with Gasteiger partial charge in [-0.25, -0.2) is 4.57 Å². The zero-order chi connectivity index (χ0) is 31.9. The van der Waals surface area contributed by atoms with Gasteiger partial charge in [0, 0.05) is 13.0 Å². The summed E-state index contributed by atoms with van der Waals surface area (Å²) in [6.45, 7) is 3.28. The summed E-state index contributed by atoms with van der Waals surface area (Å²) in [7, 11) is -4.50. The standard InChI is InChI=1S/C33H61O9P/c1-3-5-7-9-11-13-14-15-16-17-18-20-22-24-26-39-29-32(30-41-43(37,38)40-28-31(35)27-34)42-33(36)25-23-21-19-12-10-8-6-4-2/h5,7,11,13,15-16,31-32,34-35H,3-4,6,8-10,12,14,17-30H2,1-2H3,(H,37,38)/b7-5-,13-11-,16-15-. The van der Waals surface area contributed by atoms with Crippen molar-refractivity contribution in [1.29, 1.82) is 0 Å². The normalized spacial score (nSPS) is 15.0. The minimum atomic E-state index is -4.50. The van der Waals surface area contributed by atoms with Crippen LogP contribution in [0, 0.1) is 0 Å². The zero-order valence-corrected chi connectivity index (χ0v) is 27.8. The molecule has 0 heterocycles. The first-order chi connectivity index (χ1) is 20.8. The molecule has 0 aromatic carbocycles. The van der Waals surface area contributed by atoms with Gasteiger partial charge in [0.25, 0.3) is 0 Å². The van der Waals surface area contributed by atoms with Crippen LogP contribution < -0.4 is 0 Å². The minimum absolute atomic E-state index is 0.0346. The number of allylic oxidation sites excluding steroid dienone is 6. The molecule has 43 heavy (non-hydrogen) atoms. The summed E-state index contributed by atoms with van der Waals surface area (Å²) in [6.07, 6.45) is 28.3. The summed E-state index contributed by atoms with van der Waals surface area (Å²) in [5.41, 5.74) is 0. The van der Waals surface area contributed by atoms with Gasteiger partial charge in [-0.3, -0.25) is 13.8 Å². The van der Waals surface area contributed by atoms with Crippen molar-refractivity contribution in [2.75, 3.05) is 33.0 Å². The van der Waals surface area contributed by atoms with Crippen LogP contribution in [-0.2, 0) is 27.9 Å². The number of ether oxygens (including phenoxy) is 2. The Balaban J connectivity index is 4.31. The van der Waals surface area contributed by atoms with E-state index in [0.717, 1.165) is 70.6 Å². The Bertz CT molecular complexity index is 769. The molecule has 0 rings (SSSR count). The molecule has 3 N–H and O–H groups in total. The molecule has 0 aromatic rings. The Morgan fingerprint density at radius 2 is 1.33 bits per heavy atom. The van der Waals surface area contributed by atoms with Crippen molar-refractivity contribution in [2.45, 2.75) is 135 Å². The van der Waals surface area contributed by atoms with Crippen LogP contribution in [0.3, 0.4) is 0 Å². The Hall–Kier alpha value is -1.32. The number of phosphoric ester groups is 1. The molecule has 0 radical (unpaired) electrons. The molecule has 0 aromatic heterocycles. The van der Waals surface area contributed by atoms with Crippen LogP contribution in [0.15, 0.2) is 36.5 Å². The summed E-state index contributed by atoms with van der Waals surface area (Å²) in [6, 6.07) is 0. The first-order valence-corrected chi connectivity index (χ1v) is 18.0. The number of carbonyl (C=O) groups is 1. The maximum absolute atomic E-state index is 12.4. The van der Waals surface area contributed by atoms with Crippen molar-refractivity contribution in [3.63, 3.8) is 0 Å². The van der Waals surface area contributed by atoms with Crippen molar-refractivity contribution < 1.29 is 43.0 Å². The van der Waals surface area contributed by atoms with E-state index < -0.39 is 39.2 Å². The van der Waals surface area contributed by atoms with E-state index in [9.17, 15) is 19.4 Å². The molecule has 0 aliphatic heterocycles. The van der Waals surface area contributed by atoms with E-state index in [1.165, 1.54) is 32.1 Å². The second-order valence-electron chi connectivity index (χ2n) is 10.8. The van der Waals surface area contributed by atoms with Crippen LogP contribution in [0.5, 0.6) is 0 Å². The van der Waals surface area contributed by atoms with E-state index in [0.29, 0.717) is 6.61 Å². The Morgan fingerprint density at radius 1 is 0.744 bits per heavy atom. The highest BCUT2D eigenvalue weighted by atomic mass is 31.2. The third kappa shape index (κ3) is 30.5. The number of aliphatic hydroxyl groups excluding tert-OH is 2. The summed E-state index contributed by atoms with van der Waals surface area (Å²) < 4.78 is 33.0. The van der Waals surface area contributed by atoms with Gasteiger partial charge in [0.2, 0.25) is 0 Å². The number of phosphoric acid groups is 1. The fourth-order valence-electron chi connectivity index (χ4n) is 4.07. The third-order valence-electron chi connectivity index (χ3n) is 6.59. The second-order valence-corrected chi connectivity index (χ2v) is 12.3. The van der Waals surface area contributed by atoms with Gasteiger partial charge in [0.15, 0.2) is 0 Å². The first kappa shape index (κ1) is 41.7. The fourth-order valence-corrected chi connectivity index (χ4v) is 4.86. The summed E-state index contributed by atoms with van der Waals surface area (Å²) in [5, 5.41) is 18.2. The molecule has 0 saturated carbocycles. The van der Waals surface area contributed by atoms with Gasteiger partial charge >= 0.3 is 13.8 Å². The van der Waals surface area contributed by atoms with E-state index >= 15 is 0 Å². The molecule has 252 valence electrons. The molecule has 9 nitrogen and oxygen atoms in total. The molecule has 0 aliphatic rings. The summed E-state index contributed by atoms with van der Waals surface area (Å²) in [4.78, 5) is 22.3. The molecule has 0 fully saturated rings. The molecule has 0 saturated heterocycles. The van der Waals surface area contributed by atoms with Crippen molar-refractivity contribution in [3.05, 3.63) is 36.5 Å². The van der Waals surface area contributed by atoms with Crippen LogP contribution in [-0.4, -0.2) is 66.3 Å².